The summed E-state index contributed by atoms with van der Waals surface area (Å²) in [6.07, 6.45) is 3.15. The highest BCUT2D eigenvalue weighted by Gasteiger charge is 2.38. The van der Waals surface area contributed by atoms with Crippen LogP contribution in [0.1, 0.15) is 31.9 Å². The Morgan fingerprint density at radius 3 is 2.62 bits per heavy atom. The SMILES string of the molecule is CC(C)CC(C1=NCC(C#N)(Cc2ccccc2)N1)n1ccccc1=O. The van der Waals surface area contributed by atoms with E-state index in [0.29, 0.717) is 18.9 Å². The smallest absolute Gasteiger partial charge is 0.251 e. The maximum absolute atomic E-state index is 12.3. The Labute approximate surface area is 154 Å². The molecule has 5 heteroatoms. The molecule has 2 aromatic rings. The van der Waals surface area contributed by atoms with E-state index >= 15 is 0 Å². The molecule has 1 aromatic carbocycles. The van der Waals surface area contributed by atoms with Gasteiger partial charge in [-0.25, -0.2) is 0 Å². The van der Waals surface area contributed by atoms with E-state index in [9.17, 15) is 10.1 Å². The average molecular weight is 348 g/mol. The standard InChI is InChI=1S/C21H24N4O/c1-16(2)12-18(25-11-7-6-10-19(25)26)20-23-15-21(14-22,24-20)13-17-8-4-3-5-9-17/h3-11,16,18H,12-13,15H2,1-2H3,(H,23,24). The fourth-order valence-corrected chi connectivity index (χ4v) is 3.38. The molecule has 2 heterocycles. The number of hydrogen-bond acceptors (Lipinski definition) is 4. The molecule has 0 radical (unpaired) electrons. The van der Waals surface area contributed by atoms with E-state index in [1.807, 2.05) is 36.4 Å². The maximum atomic E-state index is 12.3. The number of amidine groups is 1. The number of nitriles is 1. The molecule has 1 aliphatic rings. The van der Waals surface area contributed by atoms with Gasteiger partial charge < -0.3 is 9.88 Å². The fourth-order valence-electron chi connectivity index (χ4n) is 3.38. The summed E-state index contributed by atoms with van der Waals surface area (Å²) >= 11 is 0. The van der Waals surface area contributed by atoms with Gasteiger partial charge >= 0.3 is 0 Å². The van der Waals surface area contributed by atoms with Crippen molar-refractivity contribution < 1.29 is 0 Å². The van der Waals surface area contributed by atoms with Crippen molar-refractivity contribution in [1.82, 2.24) is 9.88 Å². The van der Waals surface area contributed by atoms with Crippen LogP contribution in [0, 0.1) is 17.2 Å². The first-order valence-electron chi connectivity index (χ1n) is 8.98. The van der Waals surface area contributed by atoms with Crippen molar-refractivity contribution in [3.8, 4) is 6.07 Å². The van der Waals surface area contributed by atoms with Crippen LogP contribution in [0.25, 0.3) is 0 Å². The van der Waals surface area contributed by atoms with Gasteiger partial charge in [-0.2, -0.15) is 5.26 Å². The van der Waals surface area contributed by atoms with Crippen LogP contribution in [-0.4, -0.2) is 22.5 Å². The molecule has 1 aromatic heterocycles. The first kappa shape index (κ1) is 17.9. The highest BCUT2D eigenvalue weighted by Crippen LogP contribution is 2.25. The zero-order chi connectivity index (χ0) is 18.6. The number of benzene rings is 1. The molecular weight excluding hydrogens is 324 g/mol. The summed E-state index contributed by atoms with van der Waals surface area (Å²) in [6.45, 7) is 4.64. The molecule has 5 nitrogen and oxygen atoms in total. The lowest BCUT2D eigenvalue weighted by atomic mass is 9.92. The van der Waals surface area contributed by atoms with Crippen LogP contribution in [0.4, 0.5) is 0 Å². The fraction of sp³-hybridized carbons (Fsp3) is 0.381. The lowest BCUT2D eigenvalue weighted by Gasteiger charge is -2.26. The van der Waals surface area contributed by atoms with E-state index in [4.69, 9.17) is 0 Å². The van der Waals surface area contributed by atoms with Crippen LogP contribution < -0.4 is 10.9 Å². The molecule has 0 saturated carbocycles. The topological polar surface area (TPSA) is 70.2 Å². The molecule has 0 bridgehead atoms. The Morgan fingerprint density at radius 2 is 1.96 bits per heavy atom. The number of hydrogen-bond donors (Lipinski definition) is 1. The average Bonchev–Trinajstić information content (AvgIpc) is 3.05. The van der Waals surface area contributed by atoms with E-state index in [0.717, 1.165) is 17.8 Å². The van der Waals surface area contributed by atoms with Crippen molar-refractivity contribution in [3.05, 3.63) is 70.6 Å². The zero-order valence-electron chi connectivity index (χ0n) is 15.2. The minimum atomic E-state index is -0.760. The summed E-state index contributed by atoms with van der Waals surface area (Å²) in [4.78, 5) is 17.0. The Morgan fingerprint density at radius 1 is 1.23 bits per heavy atom. The second-order valence-corrected chi connectivity index (χ2v) is 7.27. The third kappa shape index (κ3) is 3.85. The summed E-state index contributed by atoms with van der Waals surface area (Å²) in [5, 5.41) is 13.2. The van der Waals surface area contributed by atoms with Crippen molar-refractivity contribution >= 4 is 5.84 Å². The Hall–Kier alpha value is -2.87. The number of aliphatic imine (C=N–C) groups is 1. The van der Waals surface area contributed by atoms with E-state index in [2.05, 4.69) is 30.2 Å². The summed E-state index contributed by atoms with van der Waals surface area (Å²) in [5.41, 5.74) is 0.278. The maximum Gasteiger partial charge on any atom is 0.251 e. The molecule has 1 N–H and O–H groups in total. The van der Waals surface area contributed by atoms with Gasteiger partial charge in [0.2, 0.25) is 0 Å². The molecule has 2 atom stereocenters. The number of pyridine rings is 1. The summed E-state index contributed by atoms with van der Waals surface area (Å²) in [6, 6.07) is 17.3. The molecule has 0 aliphatic carbocycles. The van der Waals surface area contributed by atoms with Crippen LogP contribution in [0.5, 0.6) is 0 Å². The normalized spacial score (nSPS) is 20.3. The van der Waals surface area contributed by atoms with E-state index < -0.39 is 5.54 Å². The number of nitrogens with one attached hydrogen (secondary N) is 1. The highest BCUT2D eigenvalue weighted by atomic mass is 16.1. The molecule has 0 amide bonds. The number of nitrogens with zero attached hydrogens (tertiary/aromatic N) is 3. The quantitative estimate of drug-likeness (QED) is 0.872. The van der Waals surface area contributed by atoms with Crippen molar-refractivity contribution in [2.45, 2.75) is 38.3 Å². The molecule has 2 unspecified atom stereocenters. The number of aromatic nitrogens is 1. The molecule has 0 fully saturated rings. The Kier molecular flexibility index (Phi) is 5.22. The van der Waals surface area contributed by atoms with Gasteiger partial charge in [-0.1, -0.05) is 50.2 Å². The van der Waals surface area contributed by atoms with Gasteiger partial charge in [0.1, 0.15) is 11.4 Å². The molecule has 0 spiro atoms. The first-order valence-corrected chi connectivity index (χ1v) is 8.98. The van der Waals surface area contributed by atoms with Crippen molar-refractivity contribution in [1.29, 1.82) is 5.26 Å². The molecular formula is C21H24N4O. The third-order valence-corrected chi connectivity index (χ3v) is 4.65. The molecule has 0 saturated heterocycles. The van der Waals surface area contributed by atoms with E-state index in [-0.39, 0.29) is 11.6 Å². The van der Waals surface area contributed by atoms with Gasteiger partial charge in [0.15, 0.2) is 0 Å². The van der Waals surface area contributed by atoms with Gasteiger partial charge in [-0.3, -0.25) is 9.79 Å². The largest absolute Gasteiger partial charge is 0.352 e. The lowest BCUT2D eigenvalue weighted by molar-refractivity contribution is 0.456. The van der Waals surface area contributed by atoms with Crippen molar-refractivity contribution in [3.63, 3.8) is 0 Å². The van der Waals surface area contributed by atoms with Crippen LogP contribution in [0.15, 0.2) is 64.5 Å². The minimum absolute atomic E-state index is 0.0554. The summed E-state index contributed by atoms with van der Waals surface area (Å²) < 4.78 is 1.71. The number of rotatable bonds is 6. The highest BCUT2D eigenvalue weighted by molar-refractivity contribution is 5.89. The van der Waals surface area contributed by atoms with Crippen molar-refractivity contribution in [2.24, 2.45) is 10.9 Å². The molecule has 1 aliphatic heterocycles. The summed E-state index contributed by atoms with van der Waals surface area (Å²) in [7, 11) is 0. The Balaban J connectivity index is 1.87. The molecule has 134 valence electrons. The van der Waals surface area contributed by atoms with Crippen LogP contribution in [0.3, 0.4) is 0 Å². The van der Waals surface area contributed by atoms with Gasteiger partial charge in [-0.15, -0.1) is 0 Å². The van der Waals surface area contributed by atoms with E-state index in [1.54, 1.807) is 22.9 Å². The van der Waals surface area contributed by atoms with Gasteiger partial charge in [0.25, 0.3) is 5.56 Å². The van der Waals surface area contributed by atoms with Gasteiger partial charge in [0.05, 0.1) is 18.7 Å². The van der Waals surface area contributed by atoms with Gasteiger partial charge in [0, 0.05) is 18.7 Å². The van der Waals surface area contributed by atoms with Crippen LogP contribution in [0.2, 0.25) is 0 Å². The predicted molar refractivity (Wildman–Crippen MR) is 103 cm³/mol. The third-order valence-electron chi connectivity index (χ3n) is 4.65. The molecule has 3 rings (SSSR count). The minimum Gasteiger partial charge on any atom is -0.352 e. The predicted octanol–water partition coefficient (Wildman–Crippen LogP) is 2.94. The zero-order valence-corrected chi connectivity index (χ0v) is 15.2. The second kappa shape index (κ2) is 7.57. The van der Waals surface area contributed by atoms with E-state index in [1.165, 1.54) is 0 Å². The molecule has 26 heavy (non-hydrogen) atoms. The summed E-state index contributed by atoms with van der Waals surface area (Å²) in [5.74, 6) is 1.12. The lowest BCUT2D eigenvalue weighted by Crippen LogP contribution is -2.49. The second-order valence-electron chi connectivity index (χ2n) is 7.27. The first-order chi connectivity index (χ1) is 12.5. The van der Waals surface area contributed by atoms with Crippen LogP contribution >= 0.6 is 0 Å². The monoisotopic (exact) mass is 348 g/mol. The van der Waals surface area contributed by atoms with Crippen molar-refractivity contribution in [2.75, 3.05) is 6.54 Å². The van der Waals surface area contributed by atoms with Crippen LogP contribution in [-0.2, 0) is 6.42 Å². The van der Waals surface area contributed by atoms with Gasteiger partial charge in [-0.05, 0) is 24.0 Å². The Bertz CT molecular complexity index is 879.